The molecular weight excluding hydrogens is 411 g/mol. The van der Waals surface area contributed by atoms with Crippen LogP contribution in [0.2, 0.25) is 0 Å². The number of carbonyl (C=O) groups is 1. The van der Waals surface area contributed by atoms with Gasteiger partial charge in [-0.1, -0.05) is 38.5 Å². The molecule has 0 radical (unpaired) electrons. The predicted molar refractivity (Wildman–Crippen MR) is 105 cm³/mol. The van der Waals surface area contributed by atoms with Crippen molar-refractivity contribution in [2.75, 3.05) is 7.11 Å². The Morgan fingerprint density at radius 3 is 2.28 bits per heavy atom. The lowest BCUT2D eigenvalue weighted by atomic mass is 10.1. The number of unbranched alkanes of at least 4 members (excludes halogenated alkanes) is 3. The number of nitrogens with two attached hydrogens (primary N) is 1. The molecule has 0 unspecified atom stereocenters. The van der Waals surface area contributed by atoms with Crippen LogP contribution in [0, 0.1) is 5.92 Å². The number of aryl methyl sites for hydroxylation is 1. The van der Waals surface area contributed by atoms with E-state index in [0.29, 0.717) is 5.92 Å². The van der Waals surface area contributed by atoms with E-state index >= 15 is 0 Å². The molecule has 0 spiro atoms. The van der Waals surface area contributed by atoms with Crippen molar-refractivity contribution in [1.82, 2.24) is 0 Å². The second-order valence-electron chi connectivity index (χ2n) is 6.38. The molecule has 0 aliphatic heterocycles. The summed E-state index contributed by atoms with van der Waals surface area (Å²) < 4.78 is 68.6. The van der Waals surface area contributed by atoms with Gasteiger partial charge < -0.3 is 14.7 Å². The highest BCUT2D eigenvalue weighted by molar-refractivity contribution is 7.88. The highest BCUT2D eigenvalue weighted by Crippen LogP contribution is 2.33. The fourth-order valence-electron chi connectivity index (χ4n) is 2.24. The van der Waals surface area contributed by atoms with Gasteiger partial charge in [-0.3, -0.25) is 4.79 Å². The first-order valence-corrected chi connectivity index (χ1v) is 10.4. The Balaban J connectivity index is 0.00000245. The van der Waals surface area contributed by atoms with Crippen LogP contribution >= 0.6 is 0 Å². The van der Waals surface area contributed by atoms with Crippen LogP contribution in [0.5, 0.6) is 11.5 Å². The van der Waals surface area contributed by atoms with Crippen molar-refractivity contribution in [3.05, 3.63) is 35.9 Å². The number of rotatable bonds is 10. The number of primary amides is 1. The molecule has 1 amide bonds. The number of hydrogen-bond acceptors (Lipinski definition) is 5. The Morgan fingerprint density at radius 2 is 1.76 bits per heavy atom. The molecule has 166 valence electrons. The minimum absolute atomic E-state index is 0.0461. The van der Waals surface area contributed by atoms with Crippen molar-refractivity contribution in [1.29, 1.82) is 0 Å². The second-order valence-corrected chi connectivity index (χ2v) is 7.91. The van der Waals surface area contributed by atoms with Gasteiger partial charge >= 0.3 is 15.6 Å². The summed E-state index contributed by atoms with van der Waals surface area (Å²) in [5.74, 6) is 0.0203. The number of hydrogen-bond donors (Lipinski definition) is 1. The van der Waals surface area contributed by atoms with Gasteiger partial charge in [0.15, 0.2) is 11.5 Å². The lowest BCUT2D eigenvalue weighted by molar-refractivity contribution is -0.106. The maximum absolute atomic E-state index is 12.4. The maximum atomic E-state index is 12.4. The Kier molecular flexibility index (Phi) is 12.1. The van der Waals surface area contributed by atoms with Gasteiger partial charge in [-0.15, -0.1) is 0 Å². The Hall–Kier alpha value is -2.23. The third kappa shape index (κ3) is 10.8. The van der Waals surface area contributed by atoms with Crippen molar-refractivity contribution >= 4 is 16.5 Å². The molecule has 0 fully saturated rings. The van der Waals surface area contributed by atoms with Crippen molar-refractivity contribution in [3.8, 4) is 11.5 Å². The molecule has 2 N–H and O–H groups in total. The summed E-state index contributed by atoms with van der Waals surface area (Å²) >= 11 is 0. The van der Waals surface area contributed by atoms with Gasteiger partial charge in [0.05, 0.1) is 7.11 Å². The van der Waals surface area contributed by atoms with Gasteiger partial charge in [0.2, 0.25) is 6.41 Å². The summed E-state index contributed by atoms with van der Waals surface area (Å²) in [6.45, 7) is 4.24. The summed E-state index contributed by atoms with van der Waals surface area (Å²) in [6, 6.07) is 4.23. The van der Waals surface area contributed by atoms with E-state index in [2.05, 4.69) is 35.9 Å². The summed E-state index contributed by atoms with van der Waals surface area (Å²) in [7, 11) is -4.48. The Labute approximate surface area is 170 Å². The van der Waals surface area contributed by atoms with E-state index in [1.54, 1.807) is 6.07 Å². The van der Waals surface area contributed by atoms with E-state index < -0.39 is 21.4 Å². The van der Waals surface area contributed by atoms with E-state index in [1.165, 1.54) is 19.2 Å². The predicted octanol–water partition coefficient (Wildman–Crippen LogP) is 4.34. The molecule has 0 bridgehead atoms. The molecule has 1 aromatic rings. The van der Waals surface area contributed by atoms with Crippen LogP contribution in [0.4, 0.5) is 13.2 Å². The molecule has 0 aliphatic rings. The molecule has 0 aliphatic carbocycles. The van der Waals surface area contributed by atoms with Gasteiger partial charge in [0.25, 0.3) is 0 Å². The van der Waals surface area contributed by atoms with E-state index in [4.69, 9.17) is 9.53 Å². The Bertz CT molecular complexity index is 747. The standard InChI is InChI=1S/C18H25F3O4S.CH3NO/c1-14(2)9-7-5-4-6-8-10-15-11-12-16(17(13-15)24-3)25-26(22,23)18(19,20)21;2-1-3/h7,9,11-14H,4-6,8,10H2,1-3H3;1H,(H2,2,3)/b9-7+;. The SMILES string of the molecule is COc1cc(CCCCC/C=C/C(C)C)ccc1OS(=O)(=O)C(F)(F)F.NC=O. The maximum Gasteiger partial charge on any atom is 0.534 e. The summed E-state index contributed by atoms with van der Waals surface area (Å²) in [4.78, 5) is 8.58. The third-order valence-electron chi connectivity index (χ3n) is 3.57. The minimum atomic E-state index is -5.72. The first-order chi connectivity index (χ1) is 13.5. The normalized spacial score (nSPS) is 11.8. The molecule has 0 saturated heterocycles. The van der Waals surface area contributed by atoms with Gasteiger partial charge in [-0.2, -0.15) is 21.6 Å². The number of methoxy groups -OCH3 is 1. The first kappa shape index (κ1) is 26.8. The number of amides is 1. The van der Waals surface area contributed by atoms with Crippen LogP contribution in [-0.2, 0) is 21.3 Å². The number of alkyl halides is 3. The summed E-state index contributed by atoms with van der Waals surface area (Å²) in [5, 5.41) is 0. The van der Waals surface area contributed by atoms with Gasteiger partial charge in [0.1, 0.15) is 0 Å². The summed E-state index contributed by atoms with van der Waals surface area (Å²) in [6.07, 6.45) is 9.32. The molecule has 10 heteroatoms. The smallest absolute Gasteiger partial charge is 0.493 e. The van der Waals surface area contributed by atoms with Gasteiger partial charge in [-0.25, -0.2) is 0 Å². The largest absolute Gasteiger partial charge is 0.534 e. The molecule has 1 rings (SSSR count). The molecule has 1 aromatic carbocycles. The van der Waals surface area contributed by atoms with E-state index in [-0.39, 0.29) is 12.2 Å². The fraction of sp³-hybridized carbons (Fsp3) is 0.526. The average molecular weight is 439 g/mol. The lowest BCUT2D eigenvalue weighted by Crippen LogP contribution is -2.28. The molecule has 0 heterocycles. The zero-order valence-corrected chi connectivity index (χ0v) is 17.6. The van der Waals surface area contributed by atoms with Crippen LogP contribution < -0.4 is 14.7 Å². The van der Waals surface area contributed by atoms with Crippen LogP contribution in [0.15, 0.2) is 30.4 Å². The fourth-order valence-corrected chi connectivity index (χ4v) is 2.71. The van der Waals surface area contributed by atoms with Gasteiger partial charge in [0, 0.05) is 0 Å². The second kappa shape index (κ2) is 13.1. The quantitative estimate of drug-likeness (QED) is 0.192. The minimum Gasteiger partial charge on any atom is -0.493 e. The average Bonchev–Trinajstić information content (AvgIpc) is 2.61. The van der Waals surface area contributed by atoms with E-state index in [9.17, 15) is 21.6 Å². The van der Waals surface area contributed by atoms with E-state index in [0.717, 1.165) is 37.7 Å². The van der Waals surface area contributed by atoms with Crippen LogP contribution in [0.3, 0.4) is 0 Å². The molecule has 6 nitrogen and oxygen atoms in total. The topological polar surface area (TPSA) is 95.7 Å². The zero-order chi connectivity index (χ0) is 22.5. The number of benzene rings is 1. The highest BCUT2D eigenvalue weighted by atomic mass is 32.2. The lowest BCUT2D eigenvalue weighted by Gasteiger charge is -2.13. The number of allylic oxidation sites excluding steroid dienone is 2. The van der Waals surface area contributed by atoms with Gasteiger partial charge in [-0.05, 0) is 49.3 Å². The van der Waals surface area contributed by atoms with Crippen molar-refractivity contribution in [2.45, 2.75) is 51.5 Å². The molecular formula is C19H28F3NO5S. The van der Waals surface area contributed by atoms with Crippen molar-refractivity contribution in [2.24, 2.45) is 11.7 Å². The van der Waals surface area contributed by atoms with Crippen molar-refractivity contribution < 1.29 is 35.3 Å². The number of carbonyl (C=O) groups excluding carboxylic acids is 1. The van der Waals surface area contributed by atoms with E-state index in [1.807, 2.05) is 0 Å². The number of halogens is 3. The van der Waals surface area contributed by atoms with Crippen molar-refractivity contribution in [3.63, 3.8) is 0 Å². The molecule has 29 heavy (non-hydrogen) atoms. The zero-order valence-electron chi connectivity index (χ0n) is 16.7. The third-order valence-corrected chi connectivity index (χ3v) is 4.53. The molecule has 0 saturated carbocycles. The molecule has 0 atom stereocenters. The summed E-state index contributed by atoms with van der Waals surface area (Å²) in [5.41, 5.74) is -0.475. The monoisotopic (exact) mass is 439 g/mol. The van der Waals surface area contributed by atoms with Crippen LogP contribution in [0.25, 0.3) is 0 Å². The van der Waals surface area contributed by atoms with Crippen LogP contribution in [0.1, 0.15) is 45.1 Å². The highest BCUT2D eigenvalue weighted by Gasteiger charge is 2.48. The van der Waals surface area contributed by atoms with Crippen LogP contribution in [-0.4, -0.2) is 27.4 Å². The number of ether oxygens (including phenoxy) is 1. The first-order valence-electron chi connectivity index (χ1n) is 8.98. The molecule has 0 aromatic heterocycles. The Morgan fingerprint density at radius 1 is 1.14 bits per heavy atom.